The van der Waals surface area contributed by atoms with Gasteiger partial charge in [0.15, 0.2) is 11.0 Å². The van der Waals surface area contributed by atoms with Gasteiger partial charge in [0.2, 0.25) is 0 Å². The first-order valence-electron chi connectivity index (χ1n) is 10.2. The van der Waals surface area contributed by atoms with Crippen LogP contribution in [0.15, 0.2) is 47.6 Å². The highest BCUT2D eigenvalue weighted by Gasteiger charge is 2.26. The molecule has 1 heterocycles. The standard InChI is InChI=1S/C23H26Cl2N4OS/c1-5-29-21(20(14(2)3)26-22(30)17-9-6-15(4)7-10-17)27-28-23(29)31-13-16-8-11-18(24)19(25)12-16/h6-12,14,20H,5,13H2,1-4H3,(H,26,30)/t20-/m1/s1. The van der Waals surface area contributed by atoms with Gasteiger partial charge in [0.1, 0.15) is 0 Å². The van der Waals surface area contributed by atoms with Gasteiger partial charge in [-0.1, -0.05) is 72.6 Å². The average molecular weight is 477 g/mol. The molecule has 0 saturated carbocycles. The fourth-order valence-electron chi connectivity index (χ4n) is 3.17. The normalized spacial score (nSPS) is 12.2. The van der Waals surface area contributed by atoms with Crippen LogP contribution in [0.2, 0.25) is 10.0 Å². The molecule has 31 heavy (non-hydrogen) atoms. The molecule has 0 fully saturated rings. The van der Waals surface area contributed by atoms with Crippen LogP contribution in [0, 0.1) is 12.8 Å². The summed E-state index contributed by atoms with van der Waals surface area (Å²) in [5, 5.41) is 13.9. The predicted molar refractivity (Wildman–Crippen MR) is 128 cm³/mol. The van der Waals surface area contributed by atoms with Gasteiger partial charge in [-0.15, -0.1) is 10.2 Å². The zero-order chi connectivity index (χ0) is 22.5. The van der Waals surface area contributed by atoms with Gasteiger partial charge < -0.3 is 9.88 Å². The number of hydrogen-bond acceptors (Lipinski definition) is 4. The molecule has 0 aliphatic heterocycles. The van der Waals surface area contributed by atoms with Crippen molar-refractivity contribution < 1.29 is 4.79 Å². The van der Waals surface area contributed by atoms with E-state index in [2.05, 4.69) is 40.9 Å². The van der Waals surface area contributed by atoms with E-state index in [1.165, 1.54) is 0 Å². The van der Waals surface area contributed by atoms with Gasteiger partial charge in [0, 0.05) is 17.9 Å². The Morgan fingerprint density at radius 3 is 2.42 bits per heavy atom. The van der Waals surface area contributed by atoms with Crippen LogP contribution in [0.1, 0.15) is 54.1 Å². The lowest BCUT2D eigenvalue weighted by Gasteiger charge is -2.22. The number of carbonyl (C=O) groups is 1. The third-order valence-electron chi connectivity index (χ3n) is 4.96. The maximum Gasteiger partial charge on any atom is 0.251 e. The van der Waals surface area contributed by atoms with Gasteiger partial charge in [0.25, 0.3) is 5.91 Å². The minimum absolute atomic E-state index is 0.116. The van der Waals surface area contributed by atoms with Gasteiger partial charge in [0.05, 0.1) is 16.1 Å². The molecule has 164 valence electrons. The SMILES string of the molecule is CCn1c(SCc2ccc(Cl)c(Cl)c2)nnc1[C@H](NC(=O)c1ccc(C)cc1)C(C)C. The van der Waals surface area contributed by atoms with Crippen molar-refractivity contribution in [2.24, 2.45) is 5.92 Å². The summed E-state index contributed by atoms with van der Waals surface area (Å²) in [7, 11) is 0. The minimum Gasteiger partial charge on any atom is -0.342 e. The number of benzene rings is 2. The van der Waals surface area contributed by atoms with E-state index in [1.807, 2.05) is 43.3 Å². The zero-order valence-electron chi connectivity index (χ0n) is 18.0. The van der Waals surface area contributed by atoms with Crippen LogP contribution >= 0.6 is 35.0 Å². The second kappa shape index (κ2) is 10.5. The third-order valence-corrected chi connectivity index (χ3v) is 6.74. The Kier molecular flexibility index (Phi) is 8.03. The Hall–Kier alpha value is -2.02. The van der Waals surface area contributed by atoms with Crippen molar-refractivity contribution in [3.05, 3.63) is 75.0 Å². The number of carbonyl (C=O) groups excluding carboxylic acids is 1. The van der Waals surface area contributed by atoms with E-state index in [1.54, 1.807) is 17.8 Å². The maximum absolute atomic E-state index is 12.8. The molecule has 8 heteroatoms. The number of thioether (sulfide) groups is 1. The fraction of sp³-hybridized carbons (Fsp3) is 0.348. The number of amides is 1. The highest BCUT2D eigenvalue weighted by atomic mass is 35.5. The summed E-state index contributed by atoms with van der Waals surface area (Å²) in [6, 6.07) is 12.9. The first-order valence-corrected chi connectivity index (χ1v) is 11.9. The summed E-state index contributed by atoms with van der Waals surface area (Å²) >= 11 is 13.7. The molecule has 1 amide bonds. The van der Waals surface area contributed by atoms with Crippen molar-refractivity contribution in [1.29, 1.82) is 0 Å². The molecule has 1 N–H and O–H groups in total. The first kappa shape index (κ1) is 23.6. The molecule has 1 aromatic heterocycles. The van der Waals surface area contributed by atoms with Gasteiger partial charge in [-0.3, -0.25) is 4.79 Å². The number of aryl methyl sites for hydroxylation is 1. The van der Waals surface area contributed by atoms with Crippen molar-refractivity contribution in [3.63, 3.8) is 0 Å². The van der Waals surface area contributed by atoms with E-state index in [9.17, 15) is 4.79 Å². The smallest absolute Gasteiger partial charge is 0.251 e. The molecule has 0 bridgehead atoms. The number of nitrogens with one attached hydrogen (secondary N) is 1. The maximum atomic E-state index is 12.8. The molecule has 0 spiro atoms. The molecule has 0 radical (unpaired) electrons. The first-order chi connectivity index (χ1) is 14.8. The molecule has 5 nitrogen and oxygen atoms in total. The van der Waals surface area contributed by atoms with Crippen molar-refractivity contribution >= 4 is 40.9 Å². The Morgan fingerprint density at radius 2 is 1.81 bits per heavy atom. The monoisotopic (exact) mass is 476 g/mol. The van der Waals surface area contributed by atoms with E-state index in [-0.39, 0.29) is 17.9 Å². The van der Waals surface area contributed by atoms with E-state index in [4.69, 9.17) is 23.2 Å². The van der Waals surface area contributed by atoms with E-state index < -0.39 is 0 Å². The highest BCUT2D eigenvalue weighted by Crippen LogP contribution is 2.29. The lowest BCUT2D eigenvalue weighted by molar-refractivity contribution is 0.0922. The van der Waals surface area contributed by atoms with Crippen molar-refractivity contribution in [3.8, 4) is 0 Å². The quantitative estimate of drug-likeness (QED) is 0.385. The van der Waals surface area contributed by atoms with Crippen molar-refractivity contribution in [1.82, 2.24) is 20.1 Å². The number of nitrogens with zero attached hydrogens (tertiary/aromatic N) is 3. The predicted octanol–water partition coefficient (Wildman–Crippen LogP) is 6.33. The van der Waals surface area contributed by atoms with Crippen LogP contribution in [0.25, 0.3) is 0 Å². The second-order valence-corrected chi connectivity index (χ2v) is 9.44. The lowest BCUT2D eigenvalue weighted by atomic mass is 10.0. The summed E-state index contributed by atoms with van der Waals surface area (Å²) < 4.78 is 2.06. The summed E-state index contributed by atoms with van der Waals surface area (Å²) in [5.74, 6) is 1.48. The highest BCUT2D eigenvalue weighted by molar-refractivity contribution is 7.98. The van der Waals surface area contributed by atoms with Crippen LogP contribution < -0.4 is 5.32 Å². The summed E-state index contributed by atoms with van der Waals surface area (Å²) in [5.41, 5.74) is 2.80. The van der Waals surface area contributed by atoms with Crippen LogP contribution in [0.5, 0.6) is 0 Å². The molecule has 3 rings (SSSR count). The fourth-order valence-corrected chi connectivity index (χ4v) is 4.44. The topological polar surface area (TPSA) is 59.8 Å². The van der Waals surface area contributed by atoms with Crippen LogP contribution in [0.4, 0.5) is 0 Å². The van der Waals surface area contributed by atoms with E-state index >= 15 is 0 Å². The van der Waals surface area contributed by atoms with Gasteiger partial charge in [-0.25, -0.2) is 0 Å². The summed E-state index contributed by atoms with van der Waals surface area (Å²) in [6.07, 6.45) is 0. The molecular weight excluding hydrogens is 451 g/mol. The largest absolute Gasteiger partial charge is 0.342 e. The molecule has 0 unspecified atom stereocenters. The number of rotatable bonds is 8. The Balaban J connectivity index is 1.79. The number of halogens is 2. The summed E-state index contributed by atoms with van der Waals surface area (Å²) in [6.45, 7) is 8.89. The molecular formula is C23H26Cl2N4OS. The molecule has 0 aliphatic rings. The Bertz CT molecular complexity index is 1050. The van der Waals surface area contributed by atoms with Gasteiger partial charge >= 0.3 is 0 Å². The second-order valence-electron chi connectivity index (χ2n) is 7.68. The van der Waals surface area contributed by atoms with E-state index in [0.717, 1.165) is 22.1 Å². The Labute approximate surface area is 197 Å². The average Bonchev–Trinajstić information content (AvgIpc) is 3.15. The van der Waals surface area contributed by atoms with Crippen LogP contribution in [-0.4, -0.2) is 20.7 Å². The summed E-state index contributed by atoms with van der Waals surface area (Å²) in [4.78, 5) is 12.8. The number of hydrogen-bond donors (Lipinski definition) is 1. The van der Waals surface area contributed by atoms with E-state index in [0.29, 0.717) is 27.9 Å². The molecule has 0 aliphatic carbocycles. The van der Waals surface area contributed by atoms with Crippen molar-refractivity contribution in [2.75, 3.05) is 0 Å². The van der Waals surface area contributed by atoms with Gasteiger partial charge in [-0.05, 0) is 49.6 Å². The molecule has 3 aromatic rings. The third kappa shape index (κ3) is 5.82. The number of aromatic nitrogens is 3. The van der Waals surface area contributed by atoms with Crippen molar-refractivity contribution in [2.45, 2.75) is 51.2 Å². The van der Waals surface area contributed by atoms with Crippen LogP contribution in [0.3, 0.4) is 0 Å². The van der Waals surface area contributed by atoms with Crippen LogP contribution in [-0.2, 0) is 12.3 Å². The minimum atomic E-state index is -0.249. The molecule has 1 atom stereocenters. The van der Waals surface area contributed by atoms with Gasteiger partial charge in [-0.2, -0.15) is 0 Å². The Morgan fingerprint density at radius 1 is 1.10 bits per heavy atom. The molecule has 0 saturated heterocycles. The lowest BCUT2D eigenvalue weighted by Crippen LogP contribution is -2.33. The molecule has 2 aromatic carbocycles. The zero-order valence-corrected chi connectivity index (χ0v) is 20.4.